The zero-order valence-electron chi connectivity index (χ0n) is 13.9. The van der Waals surface area contributed by atoms with Crippen LogP contribution in [0.25, 0.3) is 0 Å². The van der Waals surface area contributed by atoms with Crippen molar-refractivity contribution in [1.82, 2.24) is 10.3 Å². The van der Waals surface area contributed by atoms with Crippen LogP contribution in [0.2, 0.25) is 0 Å². The Morgan fingerprint density at radius 3 is 2.42 bits per heavy atom. The van der Waals surface area contributed by atoms with Crippen molar-refractivity contribution in [3.05, 3.63) is 53.8 Å². The van der Waals surface area contributed by atoms with Gasteiger partial charge in [-0.05, 0) is 24.3 Å². The molecular weight excluding hydrogens is 365 g/mol. The van der Waals surface area contributed by atoms with Gasteiger partial charge in [-0.25, -0.2) is 12.8 Å². The van der Waals surface area contributed by atoms with Crippen molar-refractivity contribution in [2.75, 3.05) is 12.4 Å². The van der Waals surface area contributed by atoms with Gasteiger partial charge in [-0.15, -0.1) is 4.83 Å². The fraction of sp³-hybridized carbons (Fsp3) is 0.125. The molecule has 0 fully saturated rings. The highest BCUT2D eigenvalue weighted by molar-refractivity contribution is 7.89. The van der Waals surface area contributed by atoms with Gasteiger partial charge in [0.1, 0.15) is 11.6 Å². The molecule has 3 N–H and O–H groups in total. The van der Waals surface area contributed by atoms with Gasteiger partial charge >= 0.3 is 0 Å². The Morgan fingerprint density at radius 2 is 1.81 bits per heavy atom. The number of hydrazine groups is 1. The van der Waals surface area contributed by atoms with E-state index in [-0.39, 0.29) is 27.8 Å². The lowest BCUT2D eigenvalue weighted by Crippen LogP contribution is -2.41. The Kier molecular flexibility index (Phi) is 5.90. The van der Waals surface area contributed by atoms with Gasteiger partial charge in [0.05, 0.1) is 23.3 Å². The van der Waals surface area contributed by atoms with E-state index in [1.54, 1.807) is 0 Å². The third kappa shape index (κ3) is 4.55. The summed E-state index contributed by atoms with van der Waals surface area (Å²) in [6, 6.07) is 8.86. The van der Waals surface area contributed by atoms with Crippen LogP contribution in [0.3, 0.4) is 0 Å². The molecule has 0 aliphatic heterocycles. The number of halogens is 1. The highest BCUT2D eigenvalue weighted by atomic mass is 32.2. The average molecular weight is 381 g/mol. The van der Waals surface area contributed by atoms with Crippen LogP contribution >= 0.6 is 0 Å². The molecule has 0 radical (unpaired) electrons. The fourth-order valence-corrected chi connectivity index (χ4v) is 2.87. The minimum atomic E-state index is -4.15. The molecule has 0 aromatic heterocycles. The first-order valence-electron chi connectivity index (χ1n) is 7.27. The number of hydrogen-bond acceptors (Lipinski definition) is 5. The molecule has 0 saturated heterocycles. The van der Waals surface area contributed by atoms with Crippen LogP contribution in [-0.4, -0.2) is 27.3 Å². The summed E-state index contributed by atoms with van der Waals surface area (Å²) in [7, 11) is -2.84. The number of sulfonamides is 1. The maximum Gasteiger partial charge on any atom is 0.269 e. The van der Waals surface area contributed by atoms with E-state index in [0.717, 1.165) is 6.07 Å². The topological polar surface area (TPSA) is 114 Å². The van der Waals surface area contributed by atoms with Gasteiger partial charge in [0, 0.05) is 13.0 Å². The Bertz CT molecular complexity index is 947. The van der Waals surface area contributed by atoms with Crippen molar-refractivity contribution in [1.29, 1.82) is 0 Å². The van der Waals surface area contributed by atoms with E-state index in [1.165, 1.54) is 50.4 Å². The van der Waals surface area contributed by atoms with Crippen LogP contribution < -0.4 is 20.3 Å². The first-order valence-corrected chi connectivity index (χ1v) is 8.75. The van der Waals surface area contributed by atoms with Gasteiger partial charge in [-0.3, -0.25) is 15.0 Å². The Hall–Kier alpha value is -2.98. The van der Waals surface area contributed by atoms with Crippen molar-refractivity contribution < 1.29 is 27.1 Å². The fourth-order valence-electron chi connectivity index (χ4n) is 2.02. The smallest absolute Gasteiger partial charge is 0.269 e. The first kappa shape index (κ1) is 19.3. The lowest BCUT2D eigenvalue weighted by molar-refractivity contribution is -0.114. The normalized spacial score (nSPS) is 10.9. The van der Waals surface area contributed by atoms with E-state index in [2.05, 4.69) is 5.32 Å². The number of amides is 2. The van der Waals surface area contributed by atoms with Crippen molar-refractivity contribution in [3.8, 4) is 5.75 Å². The van der Waals surface area contributed by atoms with E-state index in [0.29, 0.717) is 0 Å². The summed E-state index contributed by atoms with van der Waals surface area (Å²) >= 11 is 0. The minimum Gasteiger partial charge on any atom is -0.495 e. The second kappa shape index (κ2) is 7.93. The highest BCUT2D eigenvalue weighted by Crippen LogP contribution is 2.27. The monoisotopic (exact) mass is 381 g/mol. The standard InChI is InChI=1S/C16H16FN3O5S/c1-10(21)18-14-8-7-11(9-15(14)25-2)26(23,24)20-19-16(22)12-5-3-4-6-13(12)17/h3-9,20H,1-2H3,(H,18,21)(H,19,22). The quantitative estimate of drug-likeness (QED) is 0.655. The summed E-state index contributed by atoms with van der Waals surface area (Å²) in [5.41, 5.74) is 1.91. The molecule has 0 aliphatic rings. The molecule has 2 aromatic rings. The number of hydrogen-bond donors (Lipinski definition) is 3. The predicted octanol–water partition coefficient (Wildman–Crippen LogP) is 1.42. The van der Waals surface area contributed by atoms with Crippen LogP contribution in [0.15, 0.2) is 47.4 Å². The summed E-state index contributed by atoms with van der Waals surface area (Å²) in [5, 5.41) is 2.49. The van der Waals surface area contributed by atoms with Crippen LogP contribution in [0.4, 0.5) is 10.1 Å². The van der Waals surface area contributed by atoms with E-state index in [1.807, 2.05) is 10.3 Å². The van der Waals surface area contributed by atoms with Gasteiger partial charge in [-0.1, -0.05) is 12.1 Å². The van der Waals surface area contributed by atoms with Crippen LogP contribution in [0, 0.1) is 5.82 Å². The number of carbonyl (C=O) groups is 2. The molecule has 0 unspecified atom stereocenters. The predicted molar refractivity (Wildman–Crippen MR) is 91.5 cm³/mol. The highest BCUT2D eigenvalue weighted by Gasteiger charge is 2.19. The van der Waals surface area contributed by atoms with Crippen molar-refractivity contribution in [2.45, 2.75) is 11.8 Å². The molecule has 0 bridgehead atoms. The SMILES string of the molecule is COc1cc(S(=O)(=O)NNC(=O)c2ccccc2F)ccc1NC(C)=O. The van der Waals surface area contributed by atoms with Crippen molar-refractivity contribution >= 4 is 27.5 Å². The van der Waals surface area contributed by atoms with E-state index >= 15 is 0 Å². The molecule has 26 heavy (non-hydrogen) atoms. The third-order valence-corrected chi connectivity index (χ3v) is 4.46. The van der Waals surface area contributed by atoms with E-state index < -0.39 is 21.7 Å². The summed E-state index contributed by atoms with van der Waals surface area (Å²) in [5.74, 6) is -1.98. The van der Waals surface area contributed by atoms with Crippen molar-refractivity contribution in [3.63, 3.8) is 0 Å². The summed E-state index contributed by atoms with van der Waals surface area (Å²) in [6.45, 7) is 1.30. The van der Waals surface area contributed by atoms with Crippen molar-refractivity contribution in [2.24, 2.45) is 0 Å². The Labute approximate surface area is 149 Å². The largest absolute Gasteiger partial charge is 0.495 e. The summed E-state index contributed by atoms with van der Waals surface area (Å²) < 4.78 is 43.2. The van der Waals surface area contributed by atoms with Crippen LogP contribution in [0.5, 0.6) is 5.75 Å². The Morgan fingerprint density at radius 1 is 1.12 bits per heavy atom. The molecule has 10 heteroatoms. The zero-order chi connectivity index (χ0) is 19.3. The maximum atomic E-state index is 13.5. The Balaban J connectivity index is 2.18. The van der Waals surface area contributed by atoms with Gasteiger partial charge < -0.3 is 10.1 Å². The molecule has 2 aromatic carbocycles. The second-order valence-corrected chi connectivity index (χ2v) is 6.77. The lowest BCUT2D eigenvalue weighted by Gasteiger charge is -2.12. The van der Waals surface area contributed by atoms with Gasteiger partial charge in [-0.2, -0.15) is 0 Å². The molecule has 2 amide bonds. The number of benzene rings is 2. The molecule has 0 aliphatic carbocycles. The molecule has 8 nitrogen and oxygen atoms in total. The molecule has 138 valence electrons. The number of ether oxygens (including phenoxy) is 1. The summed E-state index contributed by atoms with van der Waals surface area (Å²) in [4.78, 5) is 24.7. The summed E-state index contributed by atoms with van der Waals surface area (Å²) in [6.07, 6.45) is 0. The minimum absolute atomic E-state index is 0.114. The number of nitrogens with one attached hydrogen (secondary N) is 3. The van der Waals surface area contributed by atoms with E-state index in [9.17, 15) is 22.4 Å². The average Bonchev–Trinajstić information content (AvgIpc) is 2.60. The van der Waals surface area contributed by atoms with Crippen LogP contribution in [0.1, 0.15) is 17.3 Å². The number of rotatable bonds is 6. The number of methoxy groups -OCH3 is 1. The van der Waals surface area contributed by atoms with Gasteiger partial charge in [0.2, 0.25) is 5.91 Å². The van der Waals surface area contributed by atoms with Gasteiger partial charge in [0.25, 0.3) is 15.9 Å². The maximum absolute atomic E-state index is 13.5. The van der Waals surface area contributed by atoms with E-state index in [4.69, 9.17) is 4.74 Å². The van der Waals surface area contributed by atoms with Crippen LogP contribution in [-0.2, 0) is 14.8 Å². The molecule has 0 spiro atoms. The molecule has 0 heterocycles. The zero-order valence-corrected chi connectivity index (χ0v) is 14.7. The molecule has 0 atom stereocenters. The number of carbonyl (C=O) groups excluding carboxylic acids is 2. The molecule has 2 rings (SSSR count). The first-order chi connectivity index (χ1) is 12.2. The number of anilines is 1. The van der Waals surface area contributed by atoms with Gasteiger partial charge in [0.15, 0.2) is 0 Å². The lowest BCUT2D eigenvalue weighted by atomic mass is 10.2. The second-order valence-electron chi connectivity index (χ2n) is 5.08. The molecule has 0 saturated carbocycles. The molecular formula is C16H16FN3O5S. The third-order valence-electron chi connectivity index (χ3n) is 3.21.